The maximum absolute atomic E-state index is 12.9. The van der Waals surface area contributed by atoms with Crippen LogP contribution in [0.1, 0.15) is 35.0 Å². The smallest absolute Gasteiger partial charge is 0.311 e. The zero-order valence-electron chi connectivity index (χ0n) is 13.6. The number of carbonyl (C=O) groups is 1. The van der Waals surface area contributed by atoms with Crippen molar-refractivity contribution in [2.24, 2.45) is 0 Å². The first-order valence-corrected chi connectivity index (χ1v) is 8.62. The van der Waals surface area contributed by atoms with Gasteiger partial charge in [0.25, 0.3) is 5.56 Å². The second kappa shape index (κ2) is 6.05. The molecule has 0 amide bonds. The molecular formula is C16H21N3O3S. The highest BCUT2D eigenvalue weighted by Gasteiger charge is 2.34. The average Bonchev–Trinajstić information content (AvgIpc) is 2.99. The summed E-state index contributed by atoms with van der Waals surface area (Å²) < 4.78 is 1.69. The topological polar surface area (TPSA) is 75.4 Å². The van der Waals surface area contributed by atoms with Gasteiger partial charge < -0.3 is 10.0 Å². The third-order valence-corrected chi connectivity index (χ3v) is 5.57. The Balaban J connectivity index is 2.08. The van der Waals surface area contributed by atoms with Gasteiger partial charge in [-0.3, -0.25) is 14.2 Å². The van der Waals surface area contributed by atoms with E-state index < -0.39 is 11.9 Å². The zero-order valence-corrected chi connectivity index (χ0v) is 14.4. The van der Waals surface area contributed by atoms with Crippen LogP contribution >= 0.6 is 11.3 Å². The molecule has 2 heterocycles. The van der Waals surface area contributed by atoms with Gasteiger partial charge >= 0.3 is 5.97 Å². The molecule has 2 aromatic heterocycles. The molecule has 2 aromatic rings. The molecule has 0 radical (unpaired) electrons. The highest BCUT2D eigenvalue weighted by molar-refractivity contribution is 7.18. The van der Waals surface area contributed by atoms with Crippen molar-refractivity contribution in [3.63, 3.8) is 0 Å². The molecule has 1 atom stereocenters. The summed E-state index contributed by atoms with van der Waals surface area (Å²) in [5.74, 6) is -0.707. The third-order valence-electron chi connectivity index (χ3n) is 4.41. The van der Waals surface area contributed by atoms with E-state index in [0.29, 0.717) is 29.0 Å². The van der Waals surface area contributed by atoms with Gasteiger partial charge in [0.05, 0.1) is 11.3 Å². The van der Waals surface area contributed by atoms with Gasteiger partial charge in [0.2, 0.25) is 0 Å². The van der Waals surface area contributed by atoms with Crippen molar-refractivity contribution < 1.29 is 9.90 Å². The minimum Gasteiger partial charge on any atom is -0.481 e. The van der Waals surface area contributed by atoms with E-state index in [1.807, 2.05) is 21.0 Å². The summed E-state index contributed by atoms with van der Waals surface area (Å²) in [4.78, 5) is 32.8. The molecule has 0 spiro atoms. The molecular weight excluding hydrogens is 314 g/mol. The fraction of sp³-hybridized carbons (Fsp3) is 0.562. The fourth-order valence-corrected chi connectivity index (χ4v) is 4.57. The number of hydrogen-bond acceptors (Lipinski definition) is 5. The zero-order chi connectivity index (χ0) is 16.7. The number of aliphatic carboxylic acids is 1. The maximum Gasteiger partial charge on any atom is 0.311 e. The molecule has 0 aliphatic heterocycles. The molecule has 6 nitrogen and oxygen atoms in total. The molecule has 0 bridgehead atoms. The van der Waals surface area contributed by atoms with E-state index in [1.54, 1.807) is 4.57 Å². The number of aromatic nitrogens is 2. The third kappa shape index (κ3) is 2.79. The summed E-state index contributed by atoms with van der Waals surface area (Å²) in [6, 6.07) is 0. The number of thiophene rings is 1. The van der Waals surface area contributed by atoms with Gasteiger partial charge in [-0.05, 0) is 52.4 Å². The Labute approximate surface area is 138 Å². The van der Waals surface area contributed by atoms with Gasteiger partial charge in [0, 0.05) is 11.4 Å². The minimum absolute atomic E-state index is 0.0862. The molecule has 1 aliphatic rings. The first-order valence-electron chi connectivity index (χ1n) is 7.80. The van der Waals surface area contributed by atoms with Crippen LogP contribution in [-0.4, -0.2) is 46.2 Å². The molecule has 124 valence electrons. The Bertz CT molecular complexity index is 822. The van der Waals surface area contributed by atoms with Crippen LogP contribution in [0.5, 0.6) is 0 Å². The van der Waals surface area contributed by atoms with E-state index in [4.69, 9.17) is 0 Å². The number of hydrogen-bond donors (Lipinski definition) is 1. The van der Waals surface area contributed by atoms with Crippen molar-refractivity contribution in [1.29, 1.82) is 0 Å². The highest BCUT2D eigenvalue weighted by Crippen LogP contribution is 2.42. The lowest BCUT2D eigenvalue weighted by Gasteiger charge is -2.13. The Kier molecular flexibility index (Phi) is 4.25. The molecule has 0 fully saturated rings. The minimum atomic E-state index is -0.845. The van der Waals surface area contributed by atoms with E-state index in [0.717, 1.165) is 29.8 Å². The summed E-state index contributed by atoms with van der Waals surface area (Å²) in [5, 5.41) is 9.96. The summed E-state index contributed by atoms with van der Waals surface area (Å²) in [6.45, 7) is 3.34. The fourth-order valence-electron chi connectivity index (χ4n) is 3.28. The predicted molar refractivity (Wildman–Crippen MR) is 90.5 cm³/mol. The molecule has 1 unspecified atom stereocenters. The predicted octanol–water partition coefficient (Wildman–Crippen LogP) is 1.83. The number of aryl methyl sites for hydroxylation is 2. The van der Waals surface area contributed by atoms with Crippen LogP contribution in [0.2, 0.25) is 0 Å². The number of carboxylic acid groups (broad SMARTS) is 1. The maximum atomic E-state index is 12.9. The van der Waals surface area contributed by atoms with Crippen LogP contribution < -0.4 is 5.56 Å². The second-order valence-electron chi connectivity index (χ2n) is 6.32. The van der Waals surface area contributed by atoms with Crippen LogP contribution in [0.3, 0.4) is 0 Å². The quantitative estimate of drug-likeness (QED) is 0.902. The molecule has 1 aliphatic carbocycles. The molecule has 7 heteroatoms. The number of fused-ring (bicyclic) bond motifs is 3. The van der Waals surface area contributed by atoms with E-state index in [2.05, 4.69) is 9.88 Å². The van der Waals surface area contributed by atoms with Crippen LogP contribution in [-0.2, 0) is 17.8 Å². The second-order valence-corrected chi connectivity index (χ2v) is 7.40. The first kappa shape index (κ1) is 16.1. The van der Waals surface area contributed by atoms with Crippen molar-refractivity contribution >= 4 is 27.5 Å². The summed E-state index contributed by atoms with van der Waals surface area (Å²) in [6.07, 6.45) is 2.17. The Morgan fingerprint density at radius 2 is 2.22 bits per heavy atom. The molecule has 23 heavy (non-hydrogen) atoms. The van der Waals surface area contributed by atoms with Crippen molar-refractivity contribution in [3.05, 3.63) is 26.6 Å². The number of rotatable bonds is 5. The molecule has 0 saturated carbocycles. The molecule has 3 rings (SSSR count). The van der Waals surface area contributed by atoms with Gasteiger partial charge in [-0.15, -0.1) is 11.3 Å². The SMILES string of the molecule is Cc1nc2sc3c(c2c(=O)n1CCCN(C)C)C(C(=O)O)CC3. The Morgan fingerprint density at radius 1 is 1.48 bits per heavy atom. The van der Waals surface area contributed by atoms with Crippen molar-refractivity contribution in [1.82, 2.24) is 14.5 Å². The van der Waals surface area contributed by atoms with Gasteiger partial charge in [-0.25, -0.2) is 4.98 Å². The van der Waals surface area contributed by atoms with Gasteiger partial charge in [0.15, 0.2) is 0 Å². The highest BCUT2D eigenvalue weighted by atomic mass is 32.1. The summed E-state index contributed by atoms with van der Waals surface area (Å²) >= 11 is 1.48. The van der Waals surface area contributed by atoms with E-state index >= 15 is 0 Å². The van der Waals surface area contributed by atoms with Crippen LogP contribution in [0, 0.1) is 6.92 Å². The van der Waals surface area contributed by atoms with Crippen LogP contribution in [0.4, 0.5) is 0 Å². The van der Waals surface area contributed by atoms with Crippen molar-refractivity contribution in [2.45, 2.75) is 38.6 Å². The average molecular weight is 335 g/mol. The van der Waals surface area contributed by atoms with Gasteiger partial charge in [-0.2, -0.15) is 0 Å². The lowest BCUT2D eigenvalue weighted by molar-refractivity contribution is -0.138. The van der Waals surface area contributed by atoms with Crippen LogP contribution in [0.25, 0.3) is 10.2 Å². The standard InChI is InChI=1S/C16H21N3O3S/c1-9-17-14-13(15(20)19(9)8-4-7-18(2)3)12-10(16(21)22)5-6-11(12)23-14/h10H,4-8H2,1-3H3,(H,21,22). The number of carboxylic acids is 1. The van der Waals surface area contributed by atoms with Crippen molar-refractivity contribution in [3.8, 4) is 0 Å². The van der Waals surface area contributed by atoms with E-state index in [9.17, 15) is 14.7 Å². The number of nitrogens with zero attached hydrogens (tertiary/aromatic N) is 3. The van der Waals surface area contributed by atoms with Gasteiger partial charge in [0.1, 0.15) is 10.7 Å². The normalized spacial score (nSPS) is 17.1. The Hall–Kier alpha value is -1.73. The lowest BCUT2D eigenvalue weighted by Crippen LogP contribution is -2.26. The van der Waals surface area contributed by atoms with E-state index in [-0.39, 0.29) is 5.56 Å². The lowest BCUT2D eigenvalue weighted by atomic mass is 10.0. The monoisotopic (exact) mass is 335 g/mol. The Morgan fingerprint density at radius 3 is 2.87 bits per heavy atom. The van der Waals surface area contributed by atoms with Crippen molar-refractivity contribution in [2.75, 3.05) is 20.6 Å². The molecule has 1 N–H and O–H groups in total. The largest absolute Gasteiger partial charge is 0.481 e. The van der Waals surface area contributed by atoms with E-state index in [1.165, 1.54) is 11.3 Å². The summed E-state index contributed by atoms with van der Waals surface area (Å²) in [7, 11) is 4.00. The summed E-state index contributed by atoms with van der Waals surface area (Å²) in [5.41, 5.74) is 0.633. The van der Waals surface area contributed by atoms with Gasteiger partial charge in [-0.1, -0.05) is 0 Å². The molecule has 0 aromatic carbocycles. The molecule has 0 saturated heterocycles. The first-order chi connectivity index (χ1) is 10.9. The van der Waals surface area contributed by atoms with Crippen LogP contribution in [0.15, 0.2) is 4.79 Å².